The number of aromatic nitrogens is 1. The maximum atomic E-state index is 12.5. The summed E-state index contributed by atoms with van der Waals surface area (Å²) in [5.41, 5.74) is 1.39. The van der Waals surface area contributed by atoms with Crippen molar-refractivity contribution in [3.05, 3.63) is 45.8 Å². The van der Waals surface area contributed by atoms with Gasteiger partial charge in [-0.3, -0.25) is 4.79 Å². The maximum absolute atomic E-state index is 12.5. The molecule has 1 fully saturated rings. The van der Waals surface area contributed by atoms with Crippen molar-refractivity contribution in [2.45, 2.75) is 13.5 Å². The minimum atomic E-state index is 0. The zero-order valence-corrected chi connectivity index (χ0v) is 15.7. The molecule has 130 valence electrons. The molecule has 0 radical (unpaired) electrons. The van der Waals surface area contributed by atoms with Crippen LogP contribution in [0, 0.1) is 6.92 Å². The second-order valence-corrected chi connectivity index (χ2v) is 6.26. The monoisotopic (exact) mass is 415 g/mol. The zero-order valence-electron chi connectivity index (χ0n) is 13.3. The molecule has 1 aliphatic heterocycles. The summed E-state index contributed by atoms with van der Waals surface area (Å²) in [5.74, 6) is 1.47. The normalized spacial score (nSPS) is 14.2. The molecule has 0 saturated carbocycles. The lowest BCUT2D eigenvalue weighted by Crippen LogP contribution is -2.46. The molecule has 2 aromatic rings. The predicted octanol–water partition coefficient (Wildman–Crippen LogP) is 2.79. The summed E-state index contributed by atoms with van der Waals surface area (Å²) in [4.78, 5) is 14.3. The van der Waals surface area contributed by atoms with Crippen molar-refractivity contribution in [1.29, 1.82) is 0 Å². The Hall–Kier alpha value is -1.57. The average Bonchev–Trinajstić information content (AvgIpc) is 2.99. The molecule has 3 rings (SSSR count). The number of piperazine rings is 1. The van der Waals surface area contributed by atoms with Gasteiger partial charge < -0.3 is 19.5 Å². The van der Waals surface area contributed by atoms with E-state index in [1.807, 2.05) is 17.9 Å². The number of nitrogens with zero attached hydrogens (tertiary/aromatic N) is 2. The average molecular weight is 417 g/mol. The Morgan fingerprint density at radius 2 is 2.12 bits per heavy atom. The quantitative estimate of drug-likeness (QED) is 0.830. The van der Waals surface area contributed by atoms with Crippen LogP contribution in [0.4, 0.5) is 0 Å². The van der Waals surface area contributed by atoms with E-state index in [0.29, 0.717) is 17.9 Å². The number of aryl methyl sites for hydroxylation is 1. The summed E-state index contributed by atoms with van der Waals surface area (Å²) in [6.07, 6.45) is 0. The smallest absolute Gasteiger partial charge is 0.253 e. The van der Waals surface area contributed by atoms with Crippen LogP contribution in [0.3, 0.4) is 0 Å². The minimum Gasteiger partial charge on any atom is -0.486 e. The highest BCUT2D eigenvalue weighted by Crippen LogP contribution is 2.27. The lowest BCUT2D eigenvalue weighted by atomic mass is 10.2. The van der Waals surface area contributed by atoms with Gasteiger partial charge in [0.2, 0.25) is 0 Å². The van der Waals surface area contributed by atoms with E-state index >= 15 is 0 Å². The van der Waals surface area contributed by atoms with E-state index in [2.05, 4.69) is 26.4 Å². The van der Waals surface area contributed by atoms with E-state index in [1.165, 1.54) is 0 Å². The van der Waals surface area contributed by atoms with E-state index in [4.69, 9.17) is 9.26 Å². The topological polar surface area (TPSA) is 67.6 Å². The van der Waals surface area contributed by atoms with Crippen molar-refractivity contribution in [3.63, 3.8) is 0 Å². The van der Waals surface area contributed by atoms with Gasteiger partial charge in [-0.05, 0) is 41.1 Å². The molecule has 0 unspecified atom stereocenters. The number of benzene rings is 1. The molecule has 6 nitrogen and oxygen atoms in total. The van der Waals surface area contributed by atoms with Gasteiger partial charge in [-0.2, -0.15) is 0 Å². The van der Waals surface area contributed by atoms with E-state index in [0.717, 1.165) is 42.1 Å². The molecule has 1 saturated heterocycles. The number of hydrogen-bond acceptors (Lipinski definition) is 5. The second kappa shape index (κ2) is 8.50. The second-order valence-electron chi connectivity index (χ2n) is 5.40. The van der Waals surface area contributed by atoms with E-state index in [9.17, 15) is 4.79 Å². The molecule has 1 N–H and O–H groups in total. The Morgan fingerprint density at radius 3 is 2.75 bits per heavy atom. The highest BCUT2D eigenvalue weighted by Gasteiger charge is 2.18. The van der Waals surface area contributed by atoms with Crippen LogP contribution in [0.1, 0.15) is 21.8 Å². The Kier molecular flexibility index (Phi) is 6.65. The molecule has 1 aromatic carbocycles. The Bertz CT molecular complexity index is 702. The van der Waals surface area contributed by atoms with Gasteiger partial charge in [0.25, 0.3) is 5.91 Å². The standard InChI is InChI=1S/C16H18BrN3O3.ClH/c1-11-8-13(19-23-11)10-22-15-3-2-12(9-14(15)17)16(21)20-6-4-18-5-7-20;/h2-3,8-9,18H,4-7,10H2,1H3;1H. The third-order valence-electron chi connectivity index (χ3n) is 3.64. The SMILES string of the molecule is Cc1cc(COc2ccc(C(=O)N3CCNCC3)cc2Br)no1.Cl. The summed E-state index contributed by atoms with van der Waals surface area (Å²) in [7, 11) is 0. The molecule has 2 heterocycles. The minimum absolute atomic E-state index is 0. The number of carbonyl (C=O) groups is 1. The first-order valence-corrected chi connectivity index (χ1v) is 8.27. The largest absolute Gasteiger partial charge is 0.486 e. The lowest BCUT2D eigenvalue weighted by molar-refractivity contribution is 0.0735. The molecule has 0 atom stereocenters. The Balaban J connectivity index is 0.00000208. The van der Waals surface area contributed by atoms with Crippen molar-refractivity contribution in [2.24, 2.45) is 0 Å². The first-order valence-electron chi connectivity index (χ1n) is 7.48. The number of hydrogen-bond donors (Lipinski definition) is 1. The molecule has 1 aliphatic rings. The maximum Gasteiger partial charge on any atom is 0.253 e. The van der Waals surface area contributed by atoms with Crippen LogP contribution in [-0.2, 0) is 6.61 Å². The van der Waals surface area contributed by atoms with Gasteiger partial charge in [-0.15, -0.1) is 12.4 Å². The first-order chi connectivity index (χ1) is 11.1. The number of amides is 1. The van der Waals surface area contributed by atoms with Gasteiger partial charge in [0.05, 0.1) is 4.47 Å². The molecular weight excluding hydrogens is 398 g/mol. The first kappa shape index (κ1) is 18.8. The molecular formula is C16H19BrClN3O3. The third-order valence-corrected chi connectivity index (χ3v) is 4.26. The van der Waals surface area contributed by atoms with Crippen LogP contribution >= 0.6 is 28.3 Å². The highest BCUT2D eigenvalue weighted by molar-refractivity contribution is 9.10. The fourth-order valence-electron chi connectivity index (χ4n) is 2.44. The molecule has 1 amide bonds. The van der Waals surface area contributed by atoms with Crippen molar-refractivity contribution < 1.29 is 14.1 Å². The molecule has 24 heavy (non-hydrogen) atoms. The third kappa shape index (κ3) is 4.49. The van der Waals surface area contributed by atoms with Crippen LogP contribution in [0.15, 0.2) is 33.3 Å². The number of ether oxygens (including phenoxy) is 1. The van der Waals surface area contributed by atoms with Crippen LogP contribution in [0.5, 0.6) is 5.75 Å². The van der Waals surface area contributed by atoms with E-state index < -0.39 is 0 Å². The number of halogens is 2. The fraction of sp³-hybridized carbons (Fsp3) is 0.375. The van der Waals surface area contributed by atoms with Gasteiger partial charge in [0.15, 0.2) is 0 Å². The summed E-state index contributed by atoms with van der Waals surface area (Å²) >= 11 is 3.47. The van der Waals surface area contributed by atoms with Crippen LogP contribution < -0.4 is 10.1 Å². The fourth-order valence-corrected chi connectivity index (χ4v) is 2.93. The summed E-state index contributed by atoms with van der Waals surface area (Å²) in [5, 5.41) is 7.12. The van der Waals surface area contributed by atoms with Crippen LogP contribution in [0.25, 0.3) is 0 Å². The van der Waals surface area contributed by atoms with E-state index in [-0.39, 0.29) is 18.3 Å². The number of nitrogens with one attached hydrogen (secondary N) is 1. The van der Waals surface area contributed by atoms with Crippen molar-refractivity contribution >= 4 is 34.2 Å². The highest BCUT2D eigenvalue weighted by atomic mass is 79.9. The van der Waals surface area contributed by atoms with E-state index in [1.54, 1.807) is 18.2 Å². The Morgan fingerprint density at radius 1 is 1.38 bits per heavy atom. The number of rotatable bonds is 4. The van der Waals surface area contributed by atoms with Crippen molar-refractivity contribution in [3.8, 4) is 5.75 Å². The number of carbonyl (C=O) groups excluding carboxylic acids is 1. The van der Waals surface area contributed by atoms with Gasteiger partial charge in [-0.1, -0.05) is 5.16 Å². The molecule has 0 bridgehead atoms. The molecule has 8 heteroatoms. The van der Waals surface area contributed by atoms with Gasteiger partial charge in [0, 0.05) is 37.8 Å². The van der Waals surface area contributed by atoms with Crippen LogP contribution in [-0.4, -0.2) is 42.1 Å². The predicted molar refractivity (Wildman–Crippen MR) is 95.7 cm³/mol. The van der Waals surface area contributed by atoms with Gasteiger partial charge >= 0.3 is 0 Å². The van der Waals surface area contributed by atoms with Gasteiger partial charge in [-0.25, -0.2) is 0 Å². The van der Waals surface area contributed by atoms with Gasteiger partial charge in [0.1, 0.15) is 23.8 Å². The lowest BCUT2D eigenvalue weighted by Gasteiger charge is -2.27. The molecule has 0 aliphatic carbocycles. The summed E-state index contributed by atoms with van der Waals surface area (Å²) in [6.45, 7) is 5.31. The van der Waals surface area contributed by atoms with Crippen LogP contribution in [0.2, 0.25) is 0 Å². The summed E-state index contributed by atoms with van der Waals surface area (Å²) in [6, 6.07) is 7.22. The molecule has 1 aromatic heterocycles. The summed E-state index contributed by atoms with van der Waals surface area (Å²) < 4.78 is 11.5. The Labute approximate surface area is 155 Å². The molecule has 0 spiro atoms. The zero-order chi connectivity index (χ0) is 16.2. The van der Waals surface area contributed by atoms with Crippen molar-refractivity contribution in [2.75, 3.05) is 26.2 Å². The van der Waals surface area contributed by atoms with Crippen molar-refractivity contribution in [1.82, 2.24) is 15.4 Å².